The van der Waals surface area contributed by atoms with Crippen molar-refractivity contribution in [3.8, 4) is 0 Å². The molecule has 0 atom stereocenters. The Balaban J connectivity index is 2.10. The number of Topliss-reactive ketones (excluding diaryl/α,β-unsaturated/α-hetero) is 1. The lowest BCUT2D eigenvalue weighted by Gasteiger charge is -2.25. The number of rotatable bonds is 8. The minimum Gasteiger partial charge on any atom is -0.351 e. The maximum Gasteiger partial charge on any atom is 0.262 e. The average Bonchev–Trinajstić information content (AvgIpc) is 2.52. The van der Waals surface area contributed by atoms with Crippen molar-refractivity contribution in [2.75, 3.05) is 5.75 Å². The molecule has 2 rings (SSSR count). The standard InChI is InChI=1S/C20H27N3O3S/c1-13(2)23-18(26)15-8-6-7-9-16(15)21-19(23)27-11-10-17(25)22-20(4,5)12-14(3)24/h6-9,13H,10-12H2,1-5H3,(H,22,25). The van der Waals surface area contributed by atoms with Crippen molar-refractivity contribution in [3.05, 3.63) is 34.6 Å². The number of benzene rings is 1. The van der Waals surface area contributed by atoms with Gasteiger partial charge in [0.2, 0.25) is 5.91 Å². The van der Waals surface area contributed by atoms with Gasteiger partial charge in [-0.25, -0.2) is 4.98 Å². The first-order valence-electron chi connectivity index (χ1n) is 9.05. The molecule has 6 nitrogen and oxygen atoms in total. The number of fused-ring (bicyclic) bond motifs is 1. The molecule has 1 N–H and O–H groups in total. The van der Waals surface area contributed by atoms with Crippen LogP contribution in [0.1, 0.15) is 53.5 Å². The molecule has 1 aromatic heterocycles. The predicted molar refractivity (Wildman–Crippen MR) is 109 cm³/mol. The first kappa shape index (κ1) is 21.2. The van der Waals surface area contributed by atoms with E-state index < -0.39 is 5.54 Å². The van der Waals surface area contributed by atoms with Crippen LogP contribution in [0.3, 0.4) is 0 Å². The van der Waals surface area contributed by atoms with Crippen LogP contribution in [-0.4, -0.2) is 32.5 Å². The number of hydrogen-bond donors (Lipinski definition) is 1. The van der Waals surface area contributed by atoms with E-state index in [1.54, 1.807) is 10.6 Å². The molecule has 0 aliphatic carbocycles. The molecule has 1 amide bonds. The summed E-state index contributed by atoms with van der Waals surface area (Å²) < 4.78 is 1.67. The van der Waals surface area contributed by atoms with E-state index in [2.05, 4.69) is 10.3 Å². The van der Waals surface area contributed by atoms with E-state index in [9.17, 15) is 14.4 Å². The summed E-state index contributed by atoms with van der Waals surface area (Å²) in [7, 11) is 0. The molecule has 2 aromatic rings. The summed E-state index contributed by atoms with van der Waals surface area (Å²) in [5.74, 6) is 0.420. The molecule has 0 saturated carbocycles. The number of aromatic nitrogens is 2. The summed E-state index contributed by atoms with van der Waals surface area (Å²) in [6, 6.07) is 7.26. The topological polar surface area (TPSA) is 81.1 Å². The van der Waals surface area contributed by atoms with Crippen molar-refractivity contribution in [2.24, 2.45) is 0 Å². The maximum absolute atomic E-state index is 12.8. The van der Waals surface area contributed by atoms with Gasteiger partial charge in [-0.2, -0.15) is 0 Å². The van der Waals surface area contributed by atoms with E-state index in [0.29, 0.717) is 28.2 Å². The molecule has 0 spiro atoms. The van der Waals surface area contributed by atoms with E-state index in [4.69, 9.17) is 0 Å². The number of carbonyl (C=O) groups excluding carboxylic acids is 2. The fraction of sp³-hybridized carbons (Fsp3) is 0.500. The Kier molecular flexibility index (Phi) is 6.81. The molecule has 27 heavy (non-hydrogen) atoms. The lowest BCUT2D eigenvalue weighted by Crippen LogP contribution is -2.44. The summed E-state index contributed by atoms with van der Waals surface area (Å²) in [6.45, 7) is 9.07. The summed E-state index contributed by atoms with van der Waals surface area (Å²) in [5, 5.41) is 4.10. The summed E-state index contributed by atoms with van der Waals surface area (Å²) in [6.07, 6.45) is 0.581. The number of hydrogen-bond acceptors (Lipinski definition) is 5. The van der Waals surface area contributed by atoms with Crippen molar-refractivity contribution < 1.29 is 9.59 Å². The third kappa shape index (κ3) is 5.66. The summed E-state index contributed by atoms with van der Waals surface area (Å²) in [5.41, 5.74) is 0.0357. The quantitative estimate of drug-likeness (QED) is 0.553. The maximum atomic E-state index is 12.8. The fourth-order valence-corrected chi connectivity index (χ4v) is 4.09. The van der Waals surface area contributed by atoms with Crippen LogP contribution >= 0.6 is 11.8 Å². The molecule has 1 aromatic carbocycles. The molecule has 0 radical (unpaired) electrons. The van der Waals surface area contributed by atoms with Gasteiger partial charge in [-0.3, -0.25) is 19.0 Å². The van der Waals surface area contributed by atoms with Gasteiger partial charge in [0.25, 0.3) is 5.56 Å². The zero-order valence-corrected chi connectivity index (χ0v) is 17.4. The number of amides is 1. The largest absolute Gasteiger partial charge is 0.351 e. The van der Waals surface area contributed by atoms with Crippen LogP contribution < -0.4 is 10.9 Å². The van der Waals surface area contributed by atoms with Crippen molar-refractivity contribution in [1.82, 2.24) is 14.9 Å². The van der Waals surface area contributed by atoms with Crippen LogP contribution in [0.5, 0.6) is 0 Å². The highest BCUT2D eigenvalue weighted by atomic mass is 32.2. The van der Waals surface area contributed by atoms with Crippen molar-refractivity contribution in [3.63, 3.8) is 0 Å². The second-order valence-electron chi connectivity index (χ2n) is 7.59. The lowest BCUT2D eigenvalue weighted by atomic mass is 9.98. The summed E-state index contributed by atoms with van der Waals surface area (Å²) >= 11 is 1.40. The highest BCUT2D eigenvalue weighted by Crippen LogP contribution is 2.21. The van der Waals surface area contributed by atoms with E-state index in [1.165, 1.54) is 18.7 Å². The van der Waals surface area contributed by atoms with Crippen molar-refractivity contribution in [2.45, 2.75) is 64.2 Å². The Morgan fingerprint density at radius 2 is 1.93 bits per heavy atom. The number of carbonyl (C=O) groups is 2. The number of nitrogens with one attached hydrogen (secondary N) is 1. The van der Waals surface area contributed by atoms with Crippen LogP contribution in [0.4, 0.5) is 0 Å². The van der Waals surface area contributed by atoms with Gasteiger partial charge in [-0.05, 0) is 46.8 Å². The van der Waals surface area contributed by atoms with Gasteiger partial charge >= 0.3 is 0 Å². The zero-order valence-electron chi connectivity index (χ0n) is 16.5. The van der Waals surface area contributed by atoms with Crippen LogP contribution in [0, 0.1) is 0 Å². The smallest absolute Gasteiger partial charge is 0.262 e. The highest BCUT2D eigenvalue weighted by Gasteiger charge is 2.22. The molecule has 1 heterocycles. The third-order valence-electron chi connectivity index (χ3n) is 4.02. The third-order valence-corrected chi connectivity index (χ3v) is 4.98. The van der Waals surface area contributed by atoms with E-state index in [-0.39, 0.29) is 29.7 Å². The Morgan fingerprint density at radius 3 is 2.56 bits per heavy atom. The molecule has 146 valence electrons. The minimum atomic E-state index is -0.561. The molecule has 7 heteroatoms. The number of nitrogens with zero attached hydrogens (tertiary/aromatic N) is 2. The molecule has 0 saturated heterocycles. The minimum absolute atomic E-state index is 0.0274. The van der Waals surface area contributed by atoms with Crippen molar-refractivity contribution in [1.29, 1.82) is 0 Å². The number of para-hydroxylation sites is 1. The Labute approximate surface area is 163 Å². The zero-order chi connectivity index (χ0) is 20.2. The highest BCUT2D eigenvalue weighted by molar-refractivity contribution is 7.99. The molecule has 0 fully saturated rings. The van der Waals surface area contributed by atoms with Gasteiger partial charge in [-0.15, -0.1) is 0 Å². The number of ketones is 1. The molecule has 0 aliphatic heterocycles. The first-order chi connectivity index (χ1) is 12.6. The second kappa shape index (κ2) is 8.69. The first-order valence-corrected chi connectivity index (χ1v) is 10.0. The Bertz CT molecular complexity index is 903. The van der Waals surface area contributed by atoms with Crippen molar-refractivity contribution >= 4 is 34.4 Å². The molecule has 0 aliphatic rings. The monoisotopic (exact) mass is 389 g/mol. The Hall–Kier alpha value is -2.15. The van der Waals surface area contributed by atoms with Gasteiger partial charge in [0.05, 0.1) is 10.9 Å². The molecule has 0 bridgehead atoms. The van der Waals surface area contributed by atoms with Gasteiger partial charge in [-0.1, -0.05) is 23.9 Å². The van der Waals surface area contributed by atoms with Gasteiger partial charge < -0.3 is 5.32 Å². The molecule has 0 unspecified atom stereocenters. The fourth-order valence-electron chi connectivity index (χ4n) is 3.02. The van der Waals surface area contributed by atoms with Gasteiger partial charge in [0.15, 0.2) is 5.16 Å². The van der Waals surface area contributed by atoms with Crippen LogP contribution in [0.15, 0.2) is 34.2 Å². The van der Waals surface area contributed by atoms with E-state index in [0.717, 1.165) is 0 Å². The van der Waals surface area contributed by atoms with Gasteiger partial charge in [0.1, 0.15) is 5.78 Å². The normalized spacial score (nSPS) is 11.8. The average molecular weight is 390 g/mol. The van der Waals surface area contributed by atoms with Gasteiger partial charge in [0, 0.05) is 30.2 Å². The van der Waals surface area contributed by atoms with Crippen LogP contribution in [0.2, 0.25) is 0 Å². The molecular formula is C20H27N3O3S. The SMILES string of the molecule is CC(=O)CC(C)(C)NC(=O)CCSc1nc2ccccc2c(=O)n1C(C)C. The van der Waals surface area contributed by atoms with E-state index >= 15 is 0 Å². The lowest BCUT2D eigenvalue weighted by molar-refractivity contribution is -0.123. The second-order valence-corrected chi connectivity index (χ2v) is 8.65. The van der Waals surface area contributed by atoms with Crippen LogP contribution in [-0.2, 0) is 9.59 Å². The number of thioether (sulfide) groups is 1. The predicted octanol–water partition coefficient (Wildman–Crippen LogP) is 3.33. The van der Waals surface area contributed by atoms with E-state index in [1.807, 2.05) is 45.9 Å². The van der Waals surface area contributed by atoms with Crippen LogP contribution in [0.25, 0.3) is 10.9 Å². The Morgan fingerprint density at radius 1 is 1.26 bits per heavy atom. The summed E-state index contributed by atoms with van der Waals surface area (Å²) in [4.78, 5) is 40.9. The molecular weight excluding hydrogens is 362 g/mol.